The van der Waals surface area contributed by atoms with Crippen LogP contribution in [-0.2, 0) is 13.6 Å². The van der Waals surface area contributed by atoms with Gasteiger partial charge < -0.3 is 20.3 Å². The number of aromatic hydroxyl groups is 1. The van der Waals surface area contributed by atoms with Crippen molar-refractivity contribution in [3.8, 4) is 5.75 Å². The maximum atomic E-state index is 11.6. The molecule has 23 heavy (non-hydrogen) atoms. The number of carbonyl (C=O) groups is 1. The Bertz CT molecular complexity index is 885. The van der Waals surface area contributed by atoms with E-state index in [9.17, 15) is 9.90 Å². The molecule has 0 bridgehead atoms. The van der Waals surface area contributed by atoms with Crippen molar-refractivity contribution in [2.24, 2.45) is 12.8 Å². The molecule has 3 N–H and O–H groups in total. The van der Waals surface area contributed by atoms with E-state index in [1.807, 2.05) is 41.8 Å². The zero-order valence-corrected chi connectivity index (χ0v) is 13.0. The Morgan fingerprint density at radius 3 is 2.70 bits per heavy atom. The van der Waals surface area contributed by atoms with Crippen LogP contribution in [0.3, 0.4) is 0 Å². The Kier molecular flexibility index (Phi) is 3.65. The number of para-hydroxylation sites is 2. The summed E-state index contributed by atoms with van der Waals surface area (Å²) in [6.45, 7) is 0.496. The molecule has 1 aromatic heterocycles. The molecular weight excluding hydrogens is 292 g/mol. The first-order valence-corrected chi connectivity index (χ1v) is 7.22. The molecule has 6 heteroatoms. The second-order valence-corrected chi connectivity index (χ2v) is 5.49. The normalized spacial score (nSPS) is 10.9. The minimum absolute atomic E-state index is 0.246. The van der Waals surface area contributed by atoms with Gasteiger partial charge in [-0.1, -0.05) is 24.3 Å². The van der Waals surface area contributed by atoms with Crippen molar-refractivity contribution in [2.75, 3.05) is 11.9 Å². The van der Waals surface area contributed by atoms with E-state index in [0.29, 0.717) is 23.6 Å². The average Bonchev–Trinajstić information content (AvgIpc) is 2.87. The zero-order valence-electron chi connectivity index (χ0n) is 13.0. The van der Waals surface area contributed by atoms with Crippen LogP contribution in [0.5, 0.6) is 5.75 Å². The van der Waals surface area contributed by atoms with E-state index in [0.717, 1.165) is 11.1 Å². The largest absolute Gasteiger partial charge is 0.508 e. The molecule has 118 valence electrons. The third-order valence-corrected chi connectivity index (χ3v) is 3.89. The molecule has 0 aliphatic heterocycles. The summed E-state index contributed by atoms with van der Waals surface area (Å²) in [5.41, 5.74) is 8.05. The fourth-order valence-corrected chi connectivity index (χ4v) is 2.71. The van der Waals surface area contributed by atoms with Crippen molar-refractivity contribution in [1.29, 1.82) is 0 Å². The summed E-state index contributed by atoms with van der Waals surface area (Å²) in [5, 5.41) is 9.92. The first-order chi connectivity index (χ1) is 11.0. The number of imidazole rings is 1. The fourth-order valence-electron chi connectivity index (χ4n) is 2.71. The van der Waals surface area contributed by atoms with Gasteiger partial charge in [0.15, 0.2) is 0 Å². The van der Waals surface area contributed by atoms with E-state index in [2.05, 4.69) is 4.98 Å². The van der Waals surface area contributed by atoms with E-state index in [1.165, 1.54) is 0 Å². The predicted octanol–water partition coefficient (Wildman–Crippen LogP) is 2.01. The molecule has 2 aromatic carbocycles. The molecule has 6 nitrogen and oxygen atoms in total. The van der Waals surface area contributed by atoms with Gasteiger partial charge in [0.05, 0.1) is 11.1 Å². The molecule has 0 unspecified atom stereocenters. The quantitative estimate of drug-likeness (QED) is 0.772. The minimum Gasteiger partial charge on any atom is -0.508 e. The standard InChI is InChI=1S/C17H18N4O2/c1-20(10-11-6-3-4-9-14(11)22)17-19-15-12(16(18)23)7-5-8-13(15)21(17)2/h3-9,22H,10H2,1-2H3,(H2,18,23). The number of primary amides is 1. The highest BCUT2D eigenvalue weighted by Gasteiger charge is 2.17. The number of fused-ring (bicyclic) bond motifs is 1. The number of phenols is 1. The number of amides is 1. The van der Waals surface area contributed by atoms with E-state index < -0.39 is 5.91 Å². The van der Waals surface area contributed by atoms with Gasteiger partial charge >= 0.3 is 0 Å². The molecule has 0 saturated carbocycles. The third-order valence-electron chi connectivity index (χ3n) is 3.89. The van der Waals surface area contributed by atoms with E-state index in [-0.39, 0.29) is 5.75 Å². The minimum atomic E-state index is -0.497. The summed E-state index contributed by atoms with van der Waals surface area (Å²) in [6, 6.07) is 12.5. The lowest BCUT2D eigenvalue weighted by atomic mass is 10.2. The smallest absolute Gasteiger partial charge is 0.250 e. The van der Waals surface area contributed by atoms with E-state index in [1.54, 1.807) is 24.3 Å². The van der Waals surface area contributed by atoms with Gasteiger partial charge in [-0.3, -0.25) is 4.79 Å². The maximum absolute atomic E-state index is 11.6. The first kappa shape index (κ1) is 14.9. The number of phenolic OH excluding ortho intramolecular Hbond substituents is 1. The number of hydrogen-bond donors (Lipinski definition) is 2. The average molecular weight is 310 g/mol. The van der Waals surface area contributed by atoms with Crippen LogP contribution in [0.2, 0.25) is 0 Å². The first-order valence-electron chi connectivity index (χ1n) is 7.22. The van der Waals surface area contributed by atoms with Crippen molar-refractivity contribution >= 4 is 22.9 Å². The molecule has 0 saturated heterocycles. The van der Waals surface area contributed by atoms with Crippen molar-refractivity contribution in [1.82, 2.24) is 9.55 Å². The van der Waals surface area contributed by atoms with E-state index in [4.69, 9.17) is 5.73 Å². The summed E-state index contributed by atoms with van der Waals surface area (Å²) in [6.07, 6.45) is 0. The fraction of sp³-hybridized carbons (Fsp3) is 0.176. The number of nitrogens with two attached hydrogens (primary N) is 1. The van der Waals surface area contributed by atoms with Crippen LogP contribution < -0.4 is 10.6 Å². The van der Waals surface area contributed by atoms with Crippen LogP contribution in [0.25, 0.3) is 11.0 Å². The molecule has 3 aromatic rings. The van der Waals surface area contributed by atoms with Crippen LogP contribution in [0.15, 0.2) is 42.5 Å². The number of aromatic nitrogens is 2. The van der Waals surface area contributed by atoms with Gasteiger partial charge in [-0.2, -0.15) is 0 Å². The highest BCUT2D eigenvalue weighted by Crippen LogP contribution is 2.25. The lowest BCUT2D eigenvalue weighted by Gasteiger charge is -2.18. The molecule has 3 rings (SSSR count). The number of carbonyl (C=O) groups excluding carboxylic acids is 1. The lowest BCUT2D eigenvalue weighted by Crippen LogP contribution is -2.20. The van der Waals surface area contributed by atoms with Crippen molar-refractivity contribution in [3.63, 3.8) is 0 Å². The van der Waals surface area contributed by atoms with Crippen molar-refractivity contribution in [3.05, 3.63) is 53.6 Å². The predicted molar refractivity (Wildman–Crippen MR) is 89.4 cm³/mol. The highest BCUT2D eigenvalue weighted by molar-refractivity contribution is 6.04. The molecule has 1 amide bonds. The second-order valence-electron chi connectivity index (χ2n) is 5.49. The van der Waals surface area contributed by atoms with Crippen LogP contribution >= 0.6 is 0 Å². The monoisotopic (exact) mass is 310 g/mol. The summed E-state index contributed by atoms with van der Waals surface area (Å²) in [4.78, 5) is 18.0. The molecular formula is C17H18N4O2. The van der Waals surface area contributed by atoms with Crippen LogP contribution in [-0.4, -0.2) is 27.6 Å². The van der Waals surface area contributed by atoms with Gasteiger partial charge in [0.2, 0.25) is 5.95 Å². The number of benzene rings is 2. The Labute approximate surface area is 133 Å². The van der Waals surface area contributed by atoms with Crippen LogP contribution in [0.4, 0.5) is 5.95 Å². The summed E-state index contributed by atoms with van der Waals surface area (Å²) >= 11 is 0. The number of rotatable bonds is 4. The van der Waals surface area contributed by atoms with Gasteiger partial charge in [0, 0.05) is 26.2 Å². The number of anilines is 1. The van der Waals surface area contributed by atoms with Crippen LogP contribution in [0, 0.1) is 0 Å². The molecule has 0 fully saturated rings. The summed E-state index contributed by atoms with van der Waals surface area (Å²) < 4.78 is 1.90. The lowest BCUT2D eigenvalue weighted by molar-refractivity contribution is 0.100. The van der Waals surface area contributed by atoms with Gasteiger partial charge in [0.25, 0.3) is 5.91 Å². The topological polar surface area (TPSA) is 84.4 Å². The molecule has 1 heterocycles. The van der Waals surface area contributed by atoms with E-state index >= 15 is 0 Å². The third kappa shape index (κ3) is 2.59. The Hall–Kier alpha value is -3.02. The van der Waals surface area contributed by atoms with Gasteiger partial charge in [-0.05, 0) is 18.2 Å². The molecule has 0 aliphatic rings. The summed E-state index contributed by atoms with van der Waals surface area (Å²) in [7, 11) is 3.77. The summed E-state index contributed by atoms with van der Waals surface area (Å²) in [5.74, 6) is 0.441. The number of nitrogens with zero attached hydrogens (tertiary/aromatic N) is 3. The second kappa shape index (κ2) is 5.64. The number of hydrogen-bond acceptors (Lipinski definition) is 4. The highest BCUT2D eigenvalue weighted by atomic mass is 16.3. The molecule has 0 atom stereocenters. The van der Waals surface area contributed by atoms with Gasteiger partial charge in [-0.25, -0.2) is 4.98 Å². The molecule has 0 radical (unpaired) electrons. The maximum Gasteiger partial charge on any atom is 0.250 e. The Morgan fingerprint density at radius 2 is 2.00 bits per heavy atom. The molecule has 0 aliphatic carbocycles. The van der Waals surface area contributed by atoms with Crippen molar-refractivity contribution < 1.29 is 9.90 Å². The zero-order chi connectivity index (χ0) is 16.6. The van der Waals surface area contributed by atoms with Crippen LogP contribution in [0.1, 0.15) is 15.9 Å². The molecule has 0 spiro atoms. The Balaban J connectivity index is 2.03. The number of aryl methyl sites for hydroxylation is 1. The van der Waals surface area contributed by atoms with Crippen molar-refractivity contribution in [2.45, 2.75) is 6.54 Å². The van der Waals surface area contributed by atoms with Gasteiger partial charge in [0.1, 0.15) is 11.3 Å². The van der Waals surface area contributed by atoms with Gasteiger partial charge in [-0.15, -0.1) is 0 Å². The SMILES string of the molecule is CN(Cc1ccccc1O)c1nc2c(C(N)=O)cccc2n1C. The Morgan fingerprint density at radius 1 is 1.26 bits per heavy atom.